The van der Waals surface area contributed by atoms with Crippen LogP contribution in [0.2, 0.25) is 0 Å². The molecule has 5 heteroatoms. The highest BCUT2D eigenvalue weighted by molar-refractivity contribution is 5.63. The zero-order valence-corrected chi connectivity index (χ0v) is 19.7. The summed E-state index contributed by atoms with van der Waals surface area (Å²) in [5, 5.41) is 11.8. The van der Waals surface area contributed by atoms with E-state index in [-0.39, 0.29) is 22.9 Å². The van der Waals surface area contributed by atoms with Crippen LogP contribution in [-0.4, -0.2) is 61.2 Å². The lowest BCUT2D eigenvalue weighted by Crippen LogP contribution is -2.82. The highest BCUT2D eigenvalue weighted by Crippen LogP contribution is 2.77. The highest BCUT2D eigenvalue weighted by Gasteiger charge is 2.81. The van der Waals surface area contributed by atoms with Gasteiger partial charge in [-0.3, -0.25) is 0 Å². The number of piperidine rings is 1. The molecule has 0 amide bonds. The maximum absolute atomic E-state index is 11.8. The molecule has 31 heavy (non-hydrogen) atoms. The van der Waals surface area contributed by atoms with Crippen molar-refractivity contribution >= 4 is 0 Å². The van der Waals surface area contributed by atoms with E-state index in [1.165, 1.54) is 11.1 Å². The van der Waals surface area contributed by atoms with Gasteiger partial charge < -0.3 is 24.2 Å². The third kappa shape index (κ3) is 2.06. The number of rotatable bonds is 5. The molecule has 3 saturated carbocycles. The molecule has 1 saturated heterocycles. The smallest absolute Gasteiger partial charge is 0.165 e. The largest absolute Gasteiger partial charge is 0.493 e. The summed E-state index contributed by atoms with van der Waals surface area (Å²) >= 11 is 0. The number of likely N-dealkylation sites (N-methyl/N-ethyl adjacent to an activating group) is 1. The van der Waals surface area contributed by atoms with Crippen molar-refractivity contribution in [3.63, 3.8) is 0 Å². The molecule has 7 rings (SSSR count). The van der Waals surface area contributed by atoms with Crippen LogP contribution < -0.4 is 9.47 Å². The van der Waals surface area contributed by atoms with Crippen molar-refractivity contribution in [2.24, 2.45) is 11.3 Å². The molecule has 2 spiro atoms. The first kappa shape index (κ1) is 20.3. The molecule has 7 atom stereocenters. The SMILES string of the molecule is CCC[C@](C)(O)C1C[C@@]23CC[C@]1(OC)[C@@H]1Oc4c(OC)ccc5c4[C@@]12CCN(C)[C@@H]3C5. The molecular formula is C26H37NO4. The first-order valence-corrected chi connectivity index (χ1v) is 12.2. The van der Waals surface area contributed by atoms with Crippen LogP contribution in [0.25, 0.3) is 0 Å². The fourth-order valence-corrected chi connectivity index (χ4v) is 9.24. The van der Waals surface area contributed by atoms with Crippen molar-refractivity contribution in [2.75, 3.05) is 27.8 Å². The Morgan fingerprint density at radius 3 is 2.77 bits per heavy atom. The molecule has 4 bridgehead atoms. The normalized spacial score (nSPS) is 43.9. The lowest BCUT2D eigenvalue weighted by molar-refractivity contribution is -0.301. The van der Waals surface area contributed by atoms with Crippen molar-refractivity contribution in [1.82, 2.24) is 4.90 Å². The quantitative estimate of drug-likeness (QED) is 0.777. The van der Waals surface area contributed by atoms with E-state index in [4.69, 9.17) is 14.2 Å². The zero-order chi connectivity index (χ0) is 21.8. The predicted octanol–water partition coefficient (Wildman–Crippen LogP) is 3.69. The average Bonchev–Trinajstić information content (AvgIpc) is 3.13. The molecule has 6 aliphatic rings. The van der Waals surface area contributed by atoms with Crippen LogP contribution in [0.1, 0.15) is 63.5 Å². The second-order valence-corrected chi connectivity index (χ2v) is 11.2. The van der Waals surface area contributed by atoms with Crippen LogP contribution in [0, 0.1) is 11.3 Å². The van der Waals surface area contributed by atoms with E-state index in [9.17, 15) is 5.11 Å². The van der Waals surface area contributed by atoms with Gasteiger partial charge in [-0.2, -0.15) is 0 Å². The number of benzene rings is 1. The van der Waals surface area contributed by atoms with Crippen molar-refractivity contribution in [1.29, 1.82) is 0 Å². The van der Waals surface area contributed by atoms with E-state index < -0.39 is 11.2 Å². The maximum atomic E-state index is 11.8. The number of aliphatic hydroxyl groups is 1. The summed E-state index contributed by atoms with van der Waals surface area (Å²) in [6.07, 6.45) is 6.95. The van der Waals surface area contributed by atoms with Crippen molar-refractivity contribution in [3.05, 3.63) is 23.3 Å². The minimum atomic E-state index is -0.769. The Morgan fingerprint density at radius 1 is 1.26 bits per heavy atom. The number of hydrogen-bond donors (Lipinski definition) is 1. The van der Waals surface area contributed by atoms with E-state index in [2.05, 4.69) is 31.0 Å². The van der Waals surface area contributed by atoms with Gasteiger partial charge in [-0.15, -0.1) is 0 Å². The van der Waals surface area contributed by atoms with Crippen molar-refractivity contribution in [2.45, 2.75) is 87.6 Å². The molecule has 170 valence electrons. The Kier molecular flexibility index (Phi) is 4.05. The van der Waals surface area contributed by atoms with E-state index >= 15 is 0 Å². The van der Waals surface area contributed by atoms with Gasteiger partial charge in [0.1, 0.15) is 11.7 Å². The Hall–Kier alpha value is -1.30. The van der Waals surface area contributed by atoms with E-state index in [0.29, 0.717) is 6.04 Å². The van der Waals surface area contributed by atoms with Gasteiger partial charge in [0.05, 0.1) is 12.7 Å². The molecule has 0 aromatic heterocycles. The standard InChI is InChI=1S/C26H37NO4/c1-6-9-23(2,28)18-15-24-10-11-26(18,30-5)22-25(24)12-13-27(3)19(24)14-16-7-8-17(29-4)21(31-22)20(16)25/h7-8,18-19,22,28H,6,9-15H2,1-5H3/t18?,19-,22-,23+,24-,25+,26-/m1/s1. The Balaban J connectivity index is 1.64. The van der Waals surface area contributed by atoms with Crippen LogP contribution >= 0.6 is 0 Å². The Bertz CT molecular complexity index is 930. The molecule has 1 unspecified atom stereocenters. The van der Waals surface area contributed by atoms with Gasteiger partial charge in [0.25, 0.3) is 0 Å². The van der Waals surface area contributed by atoms with Gasteiger partial charge in [0.2, 0.25) is 0 Å². The number of fused-ring (bicyclic) bond motifs is 2. The monoisotopic (exact) mass is 427 g/mol. The van der Waals surface area contributed by atoms with E-state index in [0.717, 1.165) is 63.0 Å². The Morgan fingerprint density at radius 2 is 2.06 bits per heavy atom. The summed E-state index contributed by atoms with van der Waals surface area (Å²) in [4.78, 5) is 2.60. The third-order valence-electron chi connectivity index (χ3n) is 10.3. The topological polar surface area (TPSA) is 51.2 Å². The minimum Gasteiger partial charge on any atom is -0.493 e. The number of methoxy groups -OCH3 is 2. The van der Waals surface area contributed by atoms with Crippen molar-refractivity contribution < 1.29 is 19.3 Å². The molecule has 2 aliphatic heterocycles. The van der Waals surface area contributed by atoms with Gasteiger partial charge >= 0.3 is 0 Å². The van der Waals surface area contributed by atoms with Gasteiger partial charge in [-0.05, 0) is 70.7 Å². The summed E-state index contributed by atoms with van der Waals surface area (Å²) in [6, 6.07) is 4.84. The molecule has 1 N–H and O–H groups in total. The second kappa shape index (κ2) is 6.18. The lowest BCUT2D eigenvalue weighted by Gasteiger charge is -2.74. The van der Waals surface area contributed by atoms with Crippen LogP contribution in [0.3, 0.4) is 0 Å². The first-order chi connectivity index (χ1) is 14.8. The molecular weight excluding hydrogens is 390 g/mol. The summed E-state index contributed by atoms with van der Waals surface area (Å²) in [5.41, 5.74) is 1.66. The van der Waals surface area contributed by atoms with Crippen molar-refractivity contribution in [3.8, 4) is 11.5 Å². The number of hydrogen-bond acceptors (Lipinski definition) is 5. The summed E-state index contributed by atoms with van der Waals surface area (Å²) in [7, 11) is 5.90. The van der Waals surface area contributed by atoms with Gasteiger partial charge in [-0.25, -0.2) is 0 Å². The lowest BCUT2D eigenvalue weighted by atomic mass is 9.33. The molecule has 2 heterocycles. The van der Waals surface area contributed by atoms with Crippen LogP contribution in [0.5, 0.6) is 11.5 Å². The molecule has 1 aromatic carbocycles. The first-order valence-electron chi connectivity index (χ1n) is 12.2. The fraction of sp³-hybridized carbons (Fsp3) is 0.769. The summed E-state index contributed by atoms with van der Waals surface area (Å²) in [5.74, 6) is 1.86. The van der Waals surface area contributed by atoms with E-state index in [1.54, 1.807) is 7.11 Å². The van der Waals surface area contributed by atoms with Crippen LogP contribution in [-0.2, 0) is 16.6 Å². The zero-order valence-electron chi connectivity index (χ0n) is 19.7. The molecule has 1 aromatic rings. The Labute approximate surface area is 186 Å². The molecule has 4 aliphatic carbocycles. The van der Waals surface area contributed by atoms with Crippen LogP contribution in [0.4, 0.5) is 0 Å². The van der Waals surface area contributed by atoms with Gasteiger partial charge in [0, 0.05) is 35.5 Å². The second-order valence-electron chi connectivity index (χ2n) is 11.2. The fourth-order valence-electron chi connectivity index (χ4n) is 9.24. The average molecular weight is 428 g/mol. The third-order valence-corrected chi connectivity index (χ3v) is 10.3. The number of ether oxygens (including phenoxy) is 3. The molecule has 5 nitrogen and oxygen atoms in total. The predicted molar refractivity (Wildman–Crippen MR) is 119 cm³/mol. The summed E-state index contributed by atoms with van der Waals surface area (Å²) < 4.78 is 19.3. The van der Waals surface area contributed by atoms with Crippen LogP contribution in [0.15, 0.2) is 12.1 Å². The van der Waals surface area contributed by atoms with Gasteiger partial charge in [0.15, 0.2) is 11.5 Å². The molecule has 4 fully saturated rings. The maximum Gasteiger partial charge on any atom is 0.165 e. The highest BCUT2D eigenvalue weighted by atomic mass is 16.6. The number of likely N-dealkylation sites (tertiary alicyclic amines) is 1. The minimum absolute atomic E-state index is 0.0469. The summed E-state index contributed by atoms with van der Waals surface area (Å²) in [6.45, 7) is 5.29. The van der Waals surface area contributed by atoms with E-state index in [1.807, 2.05) is 14.0 Å². The molecule has 0 radical (unpaired) electrons. The van der Waals surface area contributed by atoms with Gasteiger partial charge in [-0.1, -0.05) is 19.4 Å². The number of nitrogens with zero attached hydrogens (tertiary/aromatic N) is 1.